The predicted molar refractivity (Wildman–Crippen MR) is 82.0 cm³/mol. The lowest BCUT2D eigenvalue weighted by molar-refractivity contribution is -0.0436. The van der Waals surface area contributed by atoms with Gasteiger partial charge in [0.2, 0.25) is 0 Å². The monoisotopic (exact) mass is 364 g/mol. The van der Waals surface area contributed by atoms with Gasteiger partial charge < -0.3 is 10.6 Å². The summed E-state index contributed by atoms with van der Waals surface area (Å²) in [7, 11) is -5.41. The van der Waals surface area contributed by atoms with Gasteiger partial charge in [0.05, 0.1) is 4.90 Å². The molecule has 2 rings (SSSR count). The molecule has 2 N–H and O–H groups in total. The molecule has 24 heavy (non-hydrogen) atoms. The normalized spacial score (nSPS) is 20.7. The molecule has 0 unspecified atom stereocenters. The second-order valence-corrected chi connectivity index (χ2v) is 7.93. The minimum atomic E-state index is -5.41. The highest BCUT2D eigenvalue weighted by molar-refractivity contribution is 7.92. The van der Waals surface area contributed by atoms with E-state index in [9.17, 15) is 26.4 Å². The Morgan fingerprint density at radius 2 is 1.88 bits per heavy atom. The Morgan fingerprint density at radius 3 is 2.38 bits per heavy atom. The number of nitrogens with two attached hydrogens (primary N) is 1. The van der Waals surface area contributed by atoms with Crippen molar-refractivity contribution in [3.63, 3.8) is 0 Å². The van der Waals surface area contributed by atoms with E-state index in [1.54, 1.807) is 4.90 Å². The van der Waals surface area contributed by atoms with E-state index in [2.05, 4.69) is 0 Å². The molecule has 1 aromatic carbocycles. The van der Waals surface area contributed by atoms with Crippen molar-refractivity contribution in [2.24, 2.45) is 11.7 Å². The molecule has 1 aromatic rings. The average molecular weight is 364 g/mol. The maximum absolute atomic E-state index is 12.5. The Balaban J connectivity index is 2.18. The number of hydrogen-bond acceptors (Lipinski definition) is 4. The fraction of sp³-hybridized carbons (Fsp3) is 0.533. The van der Waals surface area contributed by atoms with Crippen LogP contribution in [0.2, 0.25) is 0 Å². The zero-order chi connectivity index (χ0) is 18.1. The number of amides is 1. The fourth-order valence-electron chi connectivity index (χ4n) is 2.72. The van der Waals surface area contributed by atoms with E-state index in [0.717, 1.165) is 37.1 Å². The highest BCUT2D eigenvalue weighted by atomic mass is 32.2. The molecule has 1 aliphatic rings. The minimum Gasteiger partial charge on any atom is -0.338 e. The lowest BCUT2D eigenvalue weighted by atomic mass is 9.92. The van der Waals surface area contributed by atoms with E-state index < -0.39 is 20.2 Å². The Hall–Kier alpha value is -1.61. The van der Waals surface area contributed by atoms with Crippen LogP contribution in [-0.4, -0.2) is 43.9 Å². The molecular weight excluding hydrogens is 345 g/mol. The van der Waals surface area contributed by atoms with Gasteiger partial charge in [-0.2, -0.15) is 13.2 Å². The first-order valence-electron chi connectivity index (χ1n) is 7.50. The van der Waals surface area contributed by atoms with Gasteiger partial charge in [-0.25, -0.2) is 8.42 Å². The first kappa shape index (κ1) is 18.7. The third-order valence-electron chi connectivity index (χ3n) is 4.20. The predicted octanol–water partition coefficient (Wildman–Crippen LogP) is 2.18. The zero-order valence-electron chi connectivity index (χ0n) is 13.1. The van der Waals surface area contributed by atoms with Gasteiger partial charge in [0, 0.05) is 24.7 Å². The molecule has 1 fully saturated rings. The van der Waals surface area contributed by atoms with Crippen molar-refractivity contribution >= 4 is 15.7 Å². The van der Waals surface area contributed by atoms with Crippen LogP contribution in [0.15, 0.2) is 29.2 Å². The van der Waals surface area contributed by atoms with Crippen molar-refractivity contribution in [1.29, 1.82) is 0 Å². The van der Waals surface area contributed by atoms with Crippen molar-refractivity contribution in [3.8, 4) is 0 Å². The van der Waals surface area contributed by atoms with Crippen LogP contribution in [0.1, 0.15) is 30.1 Å². The van der Waals surface area contributed by atoms with Gasteiger partial charge >= 0.3 is 5.51 Å². The van der Waals surface area contributed by atoms with Gasteiger partial charge in [-0.05, 0) is 49.9 Å². The molecule has 1 saturated heterocycles. The molecule has 0 spiro atoms. The van der Waals surface area contributed by atoms with Gasteiger partial charge in [-0.1, -0.05) is 0 Å². The number of carbonyl (C=O) groups excluding carboxylic acids is 1. The number of benzene rings is 1. The van der Waals surface area contributed by atoms with Crippen LogP contribution >= 0.6 is 0 Å². The van der Waals surface area contributed by atoms with Crippen molar-refractivity contribution in [2.75, 3.05) is 13.1 Å². The van der Waals surface area contributed by atoms with Gasteiger partial charge in [0.25, 0.3) is 15.7 Å². The second-order valence-electron chi connectivity index (χ2n) is 5.99. The number of rotatable bonds is 3. The molecule has 0 radical (unpaired) electrons. The molecule has 0 aromatic heterocycles. The molecule has 9 heteroatoms. The zero-order valence-corrected chi connectivity index (χ0v) is 13.9. The number of alkyl halides is 3. The van der Waals surface area contributed by atoms with Crippen LogP contribution < -0.4 is 5.73 Å². The summed E-state index contributed by atoms with van der Waals surface area (Å²) in [5.41, 5.74) is 0.654. The molecule has 5 nitrogen and oxygen atoms in total. The quantitative estimate of drug-likeness (QED) is 0.891. The van der Waals surface area contributed by atoms with Crippen LogP contribution in [0.4, 0.5) is 13.2 Å². The van der Waals surface area contributed by atoms with Gasteiger partial charge in [0.15, 0.2) is 0 Å². The SMILES string of the molecule is C[C@H](N)[C@@H]1CCCN(C(=O)c2ccc(S(=O)(=O)C(F)(F)F)cc2)C1. The molecule has 1 aliphatic heterocycles. The lowest BCUT2D eigenvalue weighted by Gasteiger charge is -2.34. The molecule has 0 bridgehead atoms. The highest BCUT2D eigenvalue weighted by Crippen LogP contribution is 2.30. The number of likely N-dealkylation sites (tertiary alicyclic amines) is 1. The first-order chi connectivity index (χ1) is 11.0. The van der Waals surface area contributed by atoms with Crippen molar-refractivity contribution in [1.82, 2.24) is 4.90 Å². The van der Waals surface area contributed by atoms with Crippen LogP contribution in [-0.2, 0) is 9.84 Å². The number of nitrogens with zero attached hydrogens (tertiary/aromatic N) is 1. The van der Waals surface area contributed by atoms with E-state index >= 15 is 0 Å². The van der Waals surface area contributed by atoms with Gasteiger partial charge in [-0.3, -0.25) is 4.79 Å². The maximum Gasteiger partial charge on any atom is 0.501 e. The molecule has 2 atom stereocenters. The Morgan fingerprint density at radius 1 is 1.29 bits per heavy atom. The largest absolute Gasteiger partial charge is 0.501 e. The molecule has 1 amide bonds. The van der Waals surface area contributed by atoms with E-state index in [4.69, 9.17) is 5.73 Å². The fourth-order valence-corrected chi connectivity index (χ4v) is 3.48. The number of carbonyl (C=O) groups is 1. The number of piperidine rings is 1. The summed E-state index contributed by atoms with van der Waals surface area (Å²) in [4.78, 5) is 13.2. The second kappa shape index (κ2) is 6.72. The van der Waals surface area contributed by atoms with Gasteiger partial charge in [-0.15, -0.1) is 0 Å². The van der Waals surface area contributed by atoms with Gasteiger partial charge in [0.1, 0.15) is 0 Å². The van der Waals surface area contributed by atoms with Crippen LogP contribution in [0.5, 0.6) is 0 Å². The summed E-state index contributed by atoms with van der Waals surface area (Å²) in [5, 5.41) is 0. The van der Waals surface area contributed by atoms with Crippen LogP contribution in [0.3, 0.4) is 0 Å². The van der Waals surface area contributed by atoms with E-state index in [0.29, 0.717) is 13.1 Å². The summed E-state index contributed by atoms with van der Waals surface area (Å²) < 4.78 is 60.2. The molecule has 0 aliphatic carbocycles. The number of sulfone groups is 1. The third-order valence-corrected chi connectivity index (χ3v) is 5.71. The molecule has 134 valence electrons. The minimum absolute atomic E-state index is 0.0556. The highest BCUT2D eigenvalue weighted by Gasteiger charge is 2.46. The van der Waals surface area contributed by atoms with Crippen molar-refractivity contribution in [2.45, 2.75) is 36.2 Å². The molecule has 0 saturated carbocycles. The lowest BCUT2D eigenvalue weighted by Crippen LogP contribution is -2.45. The van der Waals surface area contributed by atoms with Crippen LogP contribution in [0, 0.1) is 5.92 Å². The average Bonchev–Trinajstić information content (AvgIpc) is 2.53. The topological polar surface area (TPSA) is 80.5 Å². The maximum atomic E-state index is 12.5. The summed E-state index contributed by atoms with van der Waals surface area (Å²) >= 11 is 0. The van der Waals surface area contributed by atoms with E-state index in [-0.39, 0.29) is 23.4 Å². The number of halogens is 3. The van der Waals surface area contributed by atoms with Crippen molar-refractivity contribution < 1.29 is 26.4 Å². The Bertz CT molecular complexity index is 700. The summed E-state index contributed by atoms with van der Waals surface area (Å²) in [6.45, 7) is 2.90. The smallest absolute Gasteiger partial charge is 0.338 e. The Labute approximate surface area is 138 Å². The molecular formula is C15H19F3N2O3S. The number of hydrogen-bond donors (Lipinski definition) is 1. The molecule has 1 heterocycles. The standard InChI is InChI=1S/C15H19F3N2O3S/c1-10(19)12-3-2-8-20(9-12)14(21)11-4-6-13(7-5-11)24(22,23)15(16,17)18/h4-7,10,12H,2-3,8-9,19H2,1H3/t10-,12+/m0/s1. The first-order valence-corrected chi connectivity index (χ1v) is 8.98. The third kappa shape index (κ3) is 3.72. The summed E-state index contributed by atoms with van der Waals surface area (Å²) in [6.07, 6.45) is 1.72. The summed E-state index contributed by atoms with van der Waals surface area (Å²) in [6, 6.07) is 3.78. The Kier molecular flexibility index (Phi) is 5.24. The van der Waals surface area contributed by atoms with Crippen LogP contribution in [0.25, 0.3) is 0 Å². The van der Waals surface area contributed by atoms with E-state index in [1.807, 2.05) is 6.92 Å². The van der Waals surface area contributed by atoms with Crippen molar-refractivity contribution in [3.05, 3.63) is 29.8 Å². The summed E-state index contributed by atoms with van der Waals surface area (Å²) in [5.74, 6) is -0.163. The van der Waals surface area contributed by atoms with E-state index in [1.165, 1.54) is 0 Å².